The van der Waals surface area contributed by atoms with Crippen LogP contribution in [0.1, 0.15) is 28.1 Å². The zero-order chi connectivity index (χ0) is 21.4. The number of benzene rings is 1. The van der Waals surface area contributed by atoms with Crippen LogP contribution in [0.4, 0.5) is 17.1 Å². The predicted octanol–water partition coefficient (Wildman–Crippen LogP) is 2.82. The van der Waals surface area contributed by atoms with E-state index >= 15 is 0 Å². The lowest BCUT2D eigenvalue weighted by atomic mass is 10.1. The molecule has 31 heavy (non-hydrogen) atoms. The summed E-state index contributed by atoms with van der Waals surface area (Å²) in [6, 6.07) is 10.5. The lowest BCUT2D eigenvalue weighted by molar-refractivity contribution is 0.100. The maximum absolute atomic E-state index is 11.7. The summed E-state index contributed by atoms with van der Waals surface area (Å²) < 4.78 is 0. The van der Waals surface area contributed by atoms with Crippen molar-refractivity contribution in [3.8, 4) is 0 Å². The smallest absolute Gasteiger partial charge is 0.260 e. The molecule has 0 aliphatic carbocycles. The number of amides is 1. The first-order chi connectivity index (χ1) is 15.1. The molecule has 0 bridgehead atoms. The molecule has 4 N–H and O–H groups in total. The number of hydrogen-bond acceptors (Lipinski definition) is 8. The highest BCUT2D eigenvalue weighted by molar-refractivity contribution is 7.21. The molecule has 5 rings (SSSR count). The molecule has 0 unspecified atom stereocenters. The number of carbonyl (C=O) groups excluding carboxylic acids is 1. The second-order valence-corrected chi connectivity index (χ2v) is 8.71. The van der Waals surface area contributed by atoms with Crippen LogP contribution < -0.4 is 21.3 Å². The molecule has 0 radical (unpaired) electrons. The van der Waals surface area contributed by atoms with Crippen molar-refractivity contribution in [3.63, 3.8) is 0 Å². The van der Waals surface area contributed by atoms with Crippen molar-refractivity contribution in [2.45, 2.75) is 12.8 Å². The maximum Gasteiger partial charge on any atom is 0.260 e. The summed E-state index contributed by atoms with van der Waals surface area (Å²) in [6.07, 6.45) is 3.65. The Hall–Kier alpha value is -3.33. The molecule has 3 aromatic rings. The summed E-state index contributed by atoms with van der Waals surface area (Å²) >= 11 is 1.26. The van der Waals surface area contributed by atoms with Crippen LogP contribution in [0.15, 0.2) is 41.7 Å². The molecule has 0 spiro atoms. The number of thiophene rings is 1. The number of nitrogens with zero attached hydrogens (tertiary/aromatic N) is 4. The van der Waals surface area contributed by atoms with Crippen LogP contribution in [-0.4, -0.2) is 49.4 Å². The van der Waals surface area contributed by atoms with Gasteiger partial charge in [0.2, 0.25) is 0 Å². The van der Waals surface area contributed by atoms with E-state index in [0.717, 1.165) is 66.2 Å². The number of rotatable bonds is 4. The molecule has 2 aliphatic heterocycles. The van der Waals surface area contributed by atoms with Crippen molar-refractivity contribution in [1.29, 1.82) is 0 Å². The van der Waals surface area contributed by atoms with Crippen LogP contribution in [0, 0.1) is 0 Å². The lowest BCUT2D eigenvalue weighted by Crippen LogP contribution is -2.30. The van der Waals surface area contributed by atoms with Crippen molar-refractivity contribution < 1.29 is 9.63 Å². The summed E-state index contributed by atoms with van der Waals surface area (Å²) in [5.74, 6) is -0.507. The molecule has 9 heteroatoms. The zero-order valence-electron chi connectivity index (χ0n) is 17.1. The second-order valence-electron chi connectivity index (χ2n) is 7.72. The van der Waals surface area contributed by atoms with Gasteiger partial charge in [-0.25, -0.2) is 4.98 Å². The van der Waals surface area contributed by atoms with Crippen LogP contribution in [0.3, 0.4) is 0 Å². The molecule has 160 valence electrons. The number of primary amides is 1. The number of nitrogens with two attached hydrogens (primary N) is 2. The first-order valence-corrected chi connectivity index (χ1v) is 11.2. The average molecular weight is 437 g/mol. The minimum atomic E-state index is -0.507. The lowest BCUT2D eigenvalue weighted by Gasteiger charge is -2.25. The van der Waals surface area contributed by atoms with Gasteiger partial charge in [-0.15, -0.1) is 11.3 Å². The van der Waals surface area contributed by atoms with Gasteiger partial charge in [-0.1, -0.05) is 17.3 Å². The third kappa shape index (κ3) is 3.65. The number of aromatic nitrogens is 1. The molecule has 4 heterocycles. The molecule has 1 aromatic carbocycles. The minimum absolute atomic E-state index is 0.378. The van der Waals surface area contributed by atoms with E-state index in [1.165, 1.54) is 17.0 Å². The highest BCUT2D eigenvalue weighted by atomic mass is 32.1. The topological polar surface area (TPSA) is 110 Å². The summed E-state index contributed by atoms with van der Waals surface area (Å²) in [4.78, 5) is 27.1. The van der Waals surface area contributed by atoms with E-state index in [9.17, 15) is 4.79 Å². The van der Waals surface area contributed by atoms with E-state index in [4.69, 9.17) is 16.3 Å². The van der Waals surface area contributed by atoms with Gasteiger partial charge in [-0.3, -0.25) is 4.79 Å². The Morgan fingerprint density at radius 2 is 1.84 bits per heavy atom. The van der Waals surface area contributed by atoms with Crippen LogP contribution in [-0.2, 0) is 4.84 Å². The Morgan fingerprint density at radius 3 is 2.58 bits per heavy atom. The van der Waals surface area contributed by atoms with Gasteiger partial charge in [-0.2, -0.15) is 0 Å². The summed E-state index contributed by atoms with van der Waals surface area (Å²) in [7, 11) is 0. The SMILES string of the molecule is NC(=O)c1sc2nccc(N3CCCN(c4ccc(C5=NOCC5)cc4)CC3)c2c1N. The fraction of sp³-hybridized carbons (Fsp3) is 0.318. The Morgan fingerprint density at radius 1 is 1.06 bits per heavy atom. The van der Waals surface area contributed by atoms with Crippen molar-refractivity contribution >= 4 is 50.2 Å². The van der Waals surface area contributed by atoms with Gasteiger partial charge in [0.25, 0.3) is 5.91 Å². The Labute approximate surface area is 184 Å². The van der Waals surface area contributed by atoms with Gasteiger partial charge < -0.3 is 26.1 Å². The number of anilines is 3. The van der Waals surface area contributed by atoms with Crippen molar-refractivity contribution in [3.05, 3.63) is 47.0 Å². The molecule has 2 aliphatic rings. The first-order valence-electron chi connectivity index (χ1n) is 10.4. The second kappa shape index (κ2) is 8.07. The van der Waals surface area contributed by atoms with Gasteiger partial charge in [-0.05, 0) is 30.2 Å². The highest BCUT2D eigenvalue weighted by Crippen LogP contribution is 2.38. The zero-order valence-corrected chi connectivity index (χ0v) is 17.9. The standard InChI is InChI=1S/C22H24N6O2S/c23-19-18-17(6-8-25-22(18)31-20(19)21(24)29)28-10-1-9-27(11-12-28)15-4-2-14(3-5-15)16-7-13-30-26-16/h2-6,8H,1,7,9-13,23H2,(H2,24,29). The molecule has 2 aromatic heterocycles. The maximum atomic E-state index is 11.7. The summed E-state index contributed by atoms with van der Waals surface area (Å²) in [5, 5.41) is 4.94. The van der Waals surface area contributed by atoms with E-state index in [-0.39, 0.29) is 0 Å². The Kier molecular flexibility index (Phi) is 5.11. The van der Waals surface area contributed by atoms with Gasteiger partial charge in [0.15, 0.2) is 0 Å². The number of hydrogen-bond donors (Lipinski definition) is 2. The van der Waals surface area contributed by atoms with Crippen LogP contribution in [0.2, 0.25) is 0 Å². The highest BCUT2D eigenvalue weighted by Gasteiger charge is 2.22. The van der Waals surface area contributed by atoms with E-state index in [1.54, 1.807) is 6.20 Å². The van der Waals surface area contributed by atoms with E-state index in [2.05, 4.69) is 44.2 Å². The minimum Gasteiger partial charge on any atom is -0.397 e. The molecule has 8 nitrogen and oxygen atoms in total. The normalized spacial score (nSPS) is 16.8. The third-order valence-corrected chi connectivity index (χ3v) is 6.97. The van der Waals surface area contributed by atoms with Crippen molar-refractivity contribution in [2.24, 2.45) is 10.9 Å². The molecule has 0 atom stereocenters. The third-order valence-electron chi connectivity index (χ3n) is 5.84. The number of oxime groups is 1. The fourth-order valence-electron chi connectivity index (χ4n) is 4.27. The fourth-order valence-corrected chi connectivity index (χ4v) is 5.20. The Bertz CT molecular complexity index is 1160. The monoisotopic (exact) mass is 436 g/mol. The van der Waals surface area contributed by atoms with Crippen molar-refractivity contribution in [2.75, 3.05) is 48.3 Å². The van der Waals surface area contributed by atoms with Gasteiger partial charge in [0, 0.05) is 44.5 Å². The molecule has 1 saturated heterocycles. The number of pyridine rings is 1. The number of nitrogen functional groups attached to an aromatic ring is 1. The summed E-state index contributed by atoms with van der Waals surface area (Å²) in [5.41, 5.74) is 16.6. The van der Waals surface area contributed by atoms with Crippen LogP contribution in [0.25, 0.3) is 10.2 Å². The molecule has 1 fully saturated rings. The van der Waals surface area contributed by atoms with E-state index in [1.807, 2.05) is 6.07 Å². The Balaban J connectivity index is 1.36. The molecule has 1 amide bonds. The molecular weight excluding hydrogens is 412 g/mol. The van der Waals surface area contributed by atoms with Gasteiger partial charge in [0.1, 0.15) is 16.3 Å². The van der Waals surface area contributed by atoms with Crippen molar-refractivity contribution in [1.82, 2.24) is 4.98 Å². The quantitative estimate of drug-likeness (QED) is 0.651. The predicted molar refractivity (Wildman–Crippen MR) is 125 cm³/mol. The van der Waals surface area contributed by atoms with Gasteiger partial charge >= 0.3 is 0 Å². The van der Waals surface area contributed by atoms with E-state index in [0.29, 0.717) is 17.2 Å². The van der Waals surface area contributed by atoms with E-state index < -0.39 is 5.91 Å². The van der Waals surface area contributed by atoms with Gasteiger partial charge in [0.05, 0.1) is 22.5 Å². The average Bonchev–Trinajstić information content (AvgIpc) is 3.36. The first kappa shape index (κ1) is 19.6. The number of fused-ring (bicyclic) bond motifs is 1. The van der Waals surface area contributed by atoms with Crippen LogP contribution in [0.5, 0.6) is 0 Å². The summed E-state index contributed by atoms with van der Waals surface area (Å²) in [6.45, 7) is 4.28. The molecular formula is C22H24N6O2S. The van der Waals surface area contributed by atoms with Crippen LogP contribution >= 0.6 is 11.3 Å². The number of carbonyl (C=O) groups is 1. The largest absolute Gasteiger partial charge is 0.397 e. The molecule has 0 saturated carbocycles.